The summed E-state index contributed by atoms with van der Waals surface area (Å²) in [5, 5.41) is 0. The predicted molar refractivity (Wildman–Crippen MR) is 81.6 cm³/mol. The van der Waals surface area contributed by atoms with Crippen molar-refractivity contribution in [3.63, 3.8) is 0 Å². The van der Waals surface area contributed by atoms with Crippen LogP contribution in [0.15, 0.2) is 27.2 Å². The molecule has 19 heavy (non-hydrogen) atoms. The topological polar surface area (TPSA) is 48.3 Å². The van der Waals surface area contributed by atoms with E-state index < -0.39 is 22.3 Å². The second-order valence-electron chi connectivity index (χ2n) is 5.06. The summed E-state index contributed by atoms with van der Waals surface area (Å²) < 4.78 is 30.2. The lowest BCUT2D eigenvalue weighted by Gasteiger charge is -2.20. The molecule has 0 bridgehead atoms. The molecule has 0 aliphatic carbocycles. The van der Waals surface area contributed by atoms with Crippen molar-refractivity contribution in [2.24, 2.45) is 4.40 Å². The maximum absolute atomic E-state index is 14.0. The molecule has 0 N–H and O–H groups in total. The Hall–Kier alpha value is -0.460. The Morgan fingerprint density at radius 3 is 2.63 bits per heavy atom. The van der Waals surface area contributed by atoms with Gasteiger partial charge in [0.2, 0.25) is 0 Å². The summed E-state index contributed by atoms with van der Waals surface area (Å²) >= 11 is 1.74. The van der Waals surface area contributed by atoms with Crippen LogP contribution < -0.4 is 0 Å². The van der Waals surface area contributed by atoms with Gasteiger partial charge in [0, 0.05) is 0 Å². The molecule has 6 heteroatoms. The lowest BCUT2D eigenvalue weighted by molar-refractivity contribution is 0.414. The smallest absolute Gasteiger partial charge is 0.151 e. The van der Waals surface area contributed by atoms with Crippen LogP contribution in [0.3, 0.4) is 0 Å². The van der Waals surface area contributed by atoms with Gasteiger partial charge in [-0.05, 0) is 55.3 Å². The summed E-state index contributed by atoms with van der Waals surface area (Å²) in [6.45, 7) is 7.13. The van der Waals surface area contributed by atoms with E-state index in [2.05, 4.69) is 25.3 Å². The molecule has 3 nitrogen and oxygen atoms in total. The van der Waals surface area contributed by atoms with Gasteiger partial charge >= 0.3 is 0 Å². The zero-order valence-corrected chi connectivity index (χ0v) is 13.9. The highest BCUT2D eigenvalue weighted by Crippen LogP contribution is 2.20. The number of aromatic nitrogens is 1. The van der Waals surface area contributed by atoms with Crippen LogP contribution >= 0.6 is 15.9 Å². The maximum Gasteiger partial charge on any atom is 0.151 e. The van der Waals surface area contributed by atoms with Crippen molar-refractivity contribution in [1.82, 2.24) is 4.98 Å². The summed E-state index contributed by atoms with van der Waals surface area (Å²) in [6, 6.07) is 5.18. The summed E-state index contributed by atoms with van der Waals surface area (Å²) in [7, 11) is 0. The standard InChI is InChI=1S/C13H18BrFN2OS/c1-5-9(15)12(17-19(18)13(2,3)4)10-7-6-8-11(14)16-10/h6-9H,5H2,1-4H3/t9-,19?/m0/s1. The quantitative estimate of drug-likeness (QED) is 0.471. The zero-order valence-electron chi connectivity index (χ0n) is 11.5. The van der Waals surface area contributed by atoms with E-state index in [4.69, 9.17) is 0 Å². The molecule has 0 fully saturated rings. The summed E-state index contributed by atoms with van der Waals surface area (Å²) in [4.78, 5) is 4.19. The molecule has 0 saturated carbocycles. The van der Waals surface area contributed by atoms with E-state index in [1.165, 1.54) is 0 Å². The van der Waals surface area contributed by atoms with Crippen molar-refractivity contribution in [3.8, 4) is 0 Å². The molecule has 0 amide bonds. The molecule has 1 rings (SSSR count). The molecule has 0 aliphatic rings. The number of hydrogen-bond acceptors (Lipinski definition) is 3. The molecule has 0 aliphatic heterocycles. The maximum atomic E-state index is 14.0. The van der Waals surface area contributed by atoms with Crippen LogP contribution in [0.25, 0.3) is 0 Å². The zero-order chi connectivity index (χ0) is 14.6. The van der Waals surface area contributed by atoms with E-state index in [1.807, 2.05) is 0 Å². The van der Waals surface area contributed by atoms with Gasteiger partial charge in [0.05, 0.1) is 5.69 Å². The molecule has 0 spiro atoms. The fourth-order valence-corrected chi connectivity index (χ4v) is 2.24. The van der Waals surface area contributed by atoms with Crippen LogP contribution in [-0.2, 0) is 11.4 Å². The van der Waals surface area contributed by atoms with E-state index in [1.54, 1.807) is 45.9 Å². The fraction of sp³-hybridized carbons (Fsp3) is 0.538. The summed E-state index contributed by atoms with van der Waals surface area (Å²) in [5.41, 5.74) is 0.568. The van der Waals surface area contributed by atoms with E-state index in [9.17, 15) is 8.94 Å². The van der Waals surface area contributed by atoms with Gasteiger partial charge < -0.3 is 4.55 Å². The van der Waals surface area contributed by atoms with Gasteiger partial charge in [-0.3, -0.25) is 0 Å². The van der Waals surface area contributed by atoms with E-state index >= 15 is 0 Å². The average molecular weight is 349 g/mol. The number of halogens is 2. The minimum absolute atomic E-state index is 0.150. The van der Waals surface area contributed by atoms with Crippen LogP contribution in [0.2, 0.25) is 0 Å². The van der Waals surface area contributed by atoms with Gasteiger partial charge in [-0.1, -0.05) is 17.4 Å². The van der Waals surface area contributed by atoms with Crippen molar-refractivity contribution in [2.45, 2.75) is 45.0 Å². The largest absolute Gasteiger partial charge is 0.591 e. The summed E-state index contributed by atoms with van der Waals surface area (Å²) in [5.74, 6) is 0. The Kier molecular flexibility index (Phi) is 5.95. The van der Waals surface area contributed by atoms with Crippen LogP contribution in [0.4, 0.5) is 4.39 Å². The fourth-order valence-electron chi connectivity index (χ4n) is 1.23. The Morgan fingerprint density at radius 1 is 1.53 bits per heavy atom. The second kappa shape index (κ2) is 6.81. The lowest BCUT2D eigenvalue weighted by Crippen LogP contribution is -2.29. The highest BCUT2D eigenvalue weighted by Gasteiger charge is 2.29. The number of alkyl halides is 1. The Balaban J connectivity index is 3.19. The third-order valence-electron chi connectivity index (χ3n) is 2.34. The predicted octanol–water partition coefficient (Wildman–Crippen LogP) is 3.84. The third kappa shape index (κ3) is 4.85. The number of hydrogen-bond donors (Lipinski definition) is 0. The number of nitrogens with zero attached hydrogens (tertiary/aromatic N) is 2. The van der Waals surface area contributed by atoms with Gasteiger partial charge in [0.15, 0.2) is 5.71 Å². The summed E-state index contributed by atoms with van der Waals surface area (Å²) in [6.07, 6.45) is -0.998. The Morgan fingerprint density at radius 2 is 2.16 bits per heavy atom. The number of pyridine rings is 1. The van der Waals surface area contributed by atoms with Crippen molar-refractivity contribution >= 4 is 33.0 Å². The normalized spacial score (nSPS) is 16.3. The molecule has 2 atom stereocenters. The van der Waals surface area contributed by atoms with Crippen molar-refractivity contribution in [2.75, 3.05) is 0 Å². The number of rotatable bonds is 4. The van der Waals surface area contributed by atoms with E-state index in [0.717, 1.165) is 0 Å². The van der Waals surface area contributed by atoms with E-state index in [-0.39, 0.29) is 12.1 Å². The highest BCUT2D eigenvalue weighted by atomic mass is 79.9. The first kappa shape index (κ1) is 16.6. The van der Waals surface area contributed by atoms with Crippen molar-refractivity contribution in [3.05, 3.63) is 28.5 Å². The molecular weight excluding hydrogens is 331 g/mol. The minimum atomic E-state index is -1.50. The first-order valence-electron chi connectivity index (χ1n) is 6.03. The molecule has 0 aromatic carbocycles. The monoisotopic (exact) mass is 348 g/mol. The average Bonchev–Trinajstić information content (AvgIpc) is 2.33. The van der Waals surface area contributed by atoms with Gasteiger partial charge in [-0.15, -0.1) is 0 Å². The van der Waals surface area contributed by atoms with Gasteiger partial charge in [0.1, 0.15) is 26.9 Å². The highest BCUT2D eigenvalue weighted by molar-refractivity contribution is 9.10. The molecule has 1 aromatic rings. The van der Waals surface area contributed by atoms with Crippen LogP contribution in [0, 0.1) is 0 Å². The minimum Gasteiger partial charge on any atom is -0.591 e. The van der Waals surface area contributed by atoms with Crippen LogP contribution in [0.5, 0.6) is 0 Å². The first-order chi connectivity index (χ1) is 8.75. The molecule has 1 aromatic heterocycles. The molecule has 106 valence electrons. The Labute approximate surface area is 125 Å². The Bertz CT molecular complexity index is 462. The van der Waals surface area contributed by atoms with Crippen LogP contribution in [0.1, 0.15) is 39.8 Å². The molecular formula is C13H18BrFN2OS. The van der Waals surface area contributed by atoms with Crippen molar-refractivity contribution in [1.29, 1.82) is 0 Å². The van der Waals surface area contributed by atoms with Crippen LogP contribution in [-0.4, -0.2) is 26.2 Å². The molecule has 1 heterocycles. The lowest BCUT2D eigenvalue weighted by atomic mass is 10.1. The first-order valence-corrected chi connectivity index (χ1v) is 7.93. The SMILES string of the molecule is CC[C@H](F)C(=N[S+]([O-])C(C)(C)C)c1cccc(Br)n1. The van der Waals surface area contributed by atoms with Gasteiger partial charge in [-0.25, -0.2) is 9.37 Å². The molecule has 1 unspecified atom stereocenters. The molecule has 0 radical (unpaired) electrons. The van der Waals surface area contributed by atoms with Gasteiger partial charge in [0.25, 0.3) is 0 Å². The second-order valence-corrected chi connectivity index (χ2v) is 7.78. The van der Waals surface area contributed by atoms with Gasteiger partial charge in [-0.2, -0.15) is 0 Å². The van der Waals surface area contributed by atoms with E-state index in [0.29, 0.717) is 10.3 Å². The van der Waals surface area contributed by atoms with Crippen molar-refractivity contribution < 1.29 is 8.94 Å². The molecule has 0 saturated heterocycles. The third-order valence-corrected chi connectivity index (χ3v) is 4.19.